The van der Waals surface area contributed by atoms with Crippen LogP contribution in [0.2, 0.25) is 0 Å². The maximum atomic E-state index is 12.5. The lowest BCUT2D eigenvalue weighted by Gasteiger charge is -2.64. The second-order valence-corrected chi connectivity index (χ2v) is 16.0. The SMILES string of the molecule is CC[C@H]1[C@@H](O)[C@@H]2[C@H](CC[C@]3(C)[C@@H]([C@H](C)CCOC(=O)CS(=O)(=O)c4ccncc4)CC[C@@H]23)[C@@]2(C)CC[C@@H](O)C[C@@H]12. The van der Waals surface area contributed by atoms with Gasteiger partial charge in [-0.15, -0.1) is 0 Å². The van der Waals surface area contributed by atoms with Crippen LogP contribution in [-0.2, 0) is 19.4 Å². The quantitative estimate of drug-likeness (QED) is 0.417. The summed E-state index contributed by atoms with van der Waals surface area (Å²) in [5.41, 5.74) is 0.339. The topological polar surface area (TPSA) is 114 Å². The van der Waals surface area contributed by atoms with Gasteiger partial charge in [0.05, 0.1) is 23.7 Å². The molecule has 0 amide bonds. The van der Waals surface area contributed by atoms with E-state index in [2.05, 4.69) is 32.7 Å². The number of aromatic nitrogens is 1. The van der Waals surface area contributed by atoms with Gasteiger partial charge in [0.2, 0.25) is 0 Å². The van der Waals surface area contributed by atoms with Crippen molar-refractivity contribution >= 4 is 15.8 Å². The number of nitrogens with zero attached hydrogens (tertiary/aromatic N) is 1. The van der Waals surface area contributed by atoms with Gasteiger partial charge < -0.3 is 14.9 Å². The number of esters is 1. The van der Waals surface area contributed by atoms with Crippen molar-refractivity contribution < 1.29 is 28.2 Å². The zero-order valence-electron chi connectivity index (χ0n) is 24.7. The fourth-order valence-electron chi connectivity index (χ4n) is 10.3. The van der Waals surface area contributed by atoms with Gasteiger partial charge in [0.1, 0.15) is 0 Å². The zero-order chi connectivity index (χ0) is 28.9. The van der Waals surface area contributed by atoms with E-state index < -0.39 is 21.6 Å². The summed E-state index contributed by atoms with van der Waals surface area (Å²) in [5, 5.41) is 22.4. The van der Waals surface area contributed by atoms with Crippen LogP contribution >= 0.6 is 0 Å². The molecule has 0 aliphatic heterocycles. The molecule has 40 heavy (non-hydrogen) atoms. The molecule has 5 rings (SSSR count). The molecule has 4 aliphatic rings. The van der Waals surface area contributed by atoms with Gasteiger partial charge in [-0.25, -0.2) is 8.42 Å². The Morgan fingerprint density at radius 1 is 1.05 bits per heavy atom. The maximum Gasteiger partial charge on any atom is 0.321 e. The Labute approximate surface area is 240 Å². The van der Waals surface area contributed by atoms with Gasteiger partial charge in [-0.05, 0) is 116 Å². The Kier molecular flexibility index (Phi) is 8.46. The van der Waals surface area contributed by atoms with Crippen LogP contribution < -0.4 is 0 Å². The molecule has 1 aromatic rings. The number of hydrogen-bond acceptors (Lipinski definition) is 7. The number of rotatable bonds is 8. The van der Waals surface area contributed by atoms with Crippen LogP contribution in [0.25, 0.3) is 0 Å². The molecule has 4 fully saturated rings. The fourth-order valence-corrected chi connectivity index (χ4v) is 11.4. The molecule has 0 bridgehead atoms. The number of aliphatic hydroxyl groups is 2. The molecule has 0 spiro atoms. The lowest BCUT2D eigenvalue weighted by molar-refractivity contribution is -0.203. The molecular weight excluding hydrogens is 526 g/mol. The van der Waals surface area contributed by atoms with Gasteiger partial charge in [0.15, 0.2) is 15.6 Å². The van der Waals surface area contributed by atoms with E-state index in [1.54, 1.807) is 0 Å². The van der Waals surface area contributed by atoms with Gasteiger partial charge >= 0.3 is 5.97 Å². The number of sulfone groups is 1. The van der Waals surface area contributed by atoms with E-state index in [4.69, 9.17) is 4.74 Å². The van der Waals surface area contributed by atoms with Crippen molar-refractivity contribution in [1.29, 1.82) is 0 Å². The van der Waals surface area contributed by atoms with Crippen LogP contribution in [-0.4, -0.2) is 54.2 Å². The molecule has 7 nitrogen and oxygen atoms in total. The van der Waals surface area contributed by atoms with Gasteiger partial charge in [-0.3, -0.25) is 9.78 Å². The number of ether oxygens (including phenoxy) is 1. The lowest BCUT2D eigenvalue weighted by Crippen LogP contribution is -2.62. The first kappa shape index (κ1) is 30.0. The van der Waals surface area contributed by atoms with E-state index in [1.165, 1.54) is 24.5 Å². The average molecular weight is 576 g/mol. The summed E-state index contributed by atoms with van der Waals surface area (Å²) >= 11 is 0. The minimum Gasteiger partial charge on any atom is -0.465 e. The van der Waals surface area contributed by atoms with Crippen molar-refractivity contribution in [2.45, 2.75) is 103 Å². The molecule has 224 valence electrons. The molecule has 0 aromatic carbocycles. The molecule has 8 heteroatoms. The van der Waals surface area contributed by atoms with Crippen LogP contribution in [0.3, 0.4) is 0 Å². The van der Waals surface area contributed by atoms with E-state index in [1.807, 2.05) is 0 Å². The summed E-state index contributed by atoms with van der Waals surface area (Å²) in [6.07, 6.45) is 11.3. The van der Waals surface area contributed by atoms with Gasteiger partial charge in [0.25, 0.3) is 0 Å². The normalized spacial score (nSPS) is 41.9. The number of fused-ring (bicyclic) bond motifs is 5. The molecule has 1 heterocycles. The van der Waals surface area contributed by atoms with Crippen LogP contribution in [0.5, 0.6) is 0 Å². The molecule has 0 unspecified atom stereocenters. The minimum absolute atomic E-state index is 0.0770. The van der Waals surface area contributed by atoms with Crippen molar-refractivity contribution in [1.82, 2.24) is 4.98 Å². The predicted octanol–water partition coefficient (Wildman–Crippen LogP) is 5.05. The van der Waals surface area contributed by atoms with Crippen LogP contribution in [0.4, 0.5) is 0 Å². The predicted molar refractivity (Wildman–Crippen MR) is 153 cm³/mol. The Hall–Kier alpha value is -1.51. The van der Waals surface area contributed by atoms with E-state index in [-0.39, 0.29) is 40.5 Å². The monoisotopic (exact) mass is 575 g/mol. The van der Waals surface area contributed by atoms with Crippen molar-refractivity contribution in [2.24, 2.45) is 52.3 Å². The van der Waals surface area contributed by atoms with Gasteiger partial charge in [0, 0.05) is 12.4 Å². The number of carbonyl (C=O) groups is 1. The van der Waals surface area contributed by atoms with Crippen LogP contribution in [0, 0.1) is 52.3 Å². The van der Waals surface area contributed by atoms with Crippen molar-refractivity contribution in [3.8, 4) is 0 Å². The second-order valence-electron chi connectivity index (χ2n) is 14.1. The minimum atomic E-state index is -3.74. The van der Waals surface area contributed by atoms with Gasteiger partial charge in [-0.1, -0.05) is 34.1 Å². The highest BCUT2D eigenvalue weighted by atomic mass is 32.2. The first-order chi connectivity index (χ1) is 18.9. The Balaban J connectivity index is 1.22. The molecule has 0 radical (unpaired) electrons. The summed E-state index contributed by atoms with van der Waals surface area (Å²) in [6.45, 7) is 9.59. The van der Waals surface area contributed by atoms with E-state index in [9.17, 15) is 23.4 Å². The zero-order valence-corrected chi connectivity index (χ0v) is 25.5. The van der Waals surface area contributed by atoms with E-state index in [0.29, 0.717) is 41.9 Å². The first-order valence-corrected chi connectivity index (χ1v) is 17.2. The Morgan fingerprint density at radius 3 is 2.42 bits per heavy atom. The van der Waals surface area contributed by atoms with Gasteiger partial charge in [-0.2, -0.15) is 0 Å². The maximum absolute atomic E-state index is 12.5. The molecule has 0 saturated heterocycles. The summed E-state index contributed by atoms with van der Waals surface area (Å²) in [7, 11) is -3.74. The molecule has 2 N–H and O–H groups in total. The third kappa shape index (κ3) is 5.15. The smallest absolute Gasteiger partial charge is 0.321 e. The largest absolute Gasteiger partial charge is 0.465 e. The molecule has 1 aromatic heterocycles. The number of carbonyl (C=O) groups excluding carboxylic acids is 1. The Bertz CT molecular complexity index is 1160. The highest BCUT2D eigenvalue weighted by molar-refractivity contribution is 7.92. The highest BCUT2D eigenvalue weighted by Gasteiger charge is 2.64. The third-order valence-electron chi connectivity index (χ3n) is 12.3. The fraction of sp³-hybridized carbons (Fsp3) is 0.812. The second kappa shape index (κ2) is 11.3. The molecule has 4 saturated carbocycles. The first-order valence-electron chi connectivity index (χ1n) is 15.6. The molecular formula is C32H49NO6S. The van der Waals surface area contributed by atoms with E-state index >= 15 is 0 Å². The highest BCUT2D eigenvalue weighted by Crippen LogP contribution is 2.69. The van der Waals surface area contributed by atoms with Crippen LogP contribution in [0.1, 0.15) is 85.5 Å². The van der Waals surface area contributed by atoms with E-state index in [0.717, 1.165) is 51.4 Å². The average Bonchev–Trinajstić information content (AvgIpc) is 3.27. The van der Waals surface area contributed by atoms with Crippen molar-refractivity contribution in [3.63, 3.8) is 0 Å². The number of pyridine rings is 1. The standard InChI is InChI=1S/C32H49NO6S/c1-5-23-27-18-21(34)8-13-32(27,4)26-9-14-31(3)24(6-7-25(31)29(26)30(23)36)20(2)12-17-39-28(35)19-40(37,38)22-10-15-33-16-11-22/h10-11,15-16,20-21,23-27,29-30,34,36H,5-9,12-14,17-19H2,1-4H3/t20-,21-,23-,24-,25+,26+,27+,29+,30-,31-,32-/m1/s1. The summed E-state index contributed by atoms with van der Waals surface area (Å²) < 4.78 is 30.4. The number of aliphatic hydroxyl groups excluding tert-OH is 2. The van der Waals surface area contributed by atoms with Crippen molar-refractivity contribution in [2.75, 3.05) is 12.4 Å². The lowest BCUT2D eigenvalue weighted by atomic mass is 9.41. The Morgan fingerprint density at radius 2 is 1.73 bits per heavy atom. The summed E-state index contributed by atoms with van der Waals surface area (Å²) in [5.74, 6) is 1.42. The van der Waals surface area contributed by atoms with Crippen LogP contribution in [0.15, 0.2) is 29.4 Å². The summed E-state index contributed by atoms with van der Waals surface area (Å²) in [4.78, 5) is 16.3. The summed E-state index contributed by atoms with van der Waals surface area (Å²) in [6, 6.07) is 2.78. The number of hydrogen-bond donors (Lipinski definition) is 2. The molecule has 11 atom stereocenters. The van der Waals surface area contributed by atoms with Crippen molar-refractivity contribution in [3.05, 3.63) is 24.5 Å². The molecule has 4 aliphatic carbocycles. The third-order valence-corrected chi connectivity index (χ3v) is 13.9.